The van der Waals surface area contributed by atoms with Crippen molar-refractivity contribution in [3.8, 4) is 0 Å². The lowest BCUT2D eigenvalue weighted by Crippen LogP contribution is -2.65. The summed E-state index contributed by atoms with van der Waals surface area (Å²) in [5, 5.41) is 36.4. The van der Waals surface area contributed by atoms with Crippen LogP contribution in [0.2, 0.25) is 5.02 Å². The molecule has 0 bridgehead atoms. The normalized spacial score (nSPS) is 41.5. The third-order valence-corrected chi connectivity index (χ3v) is 12.0. The van der Waals surface area contributed by atoms with E-state index in [2.05, 4.69) is 19.2 Å². The Kier molecular flexibility index (Phi) is 8.14. The Morgan fingerprint density at radius 2 is 1.83 bits per heavy atom. The maximum Gasteiger partial charge on any atom is 0.376 e. The second-order valence-corrected chi connectivity index (χ2v) is 14.1. The van der Waals surface area contributed by atoms with E-state index >= 15 is 0 Å². The molecule has 3 aliphatic carbocycles. The minimum Gasteiger partial charge on any atom is -0.502 e. The van der Waals surface area contributed by atoms with Gasteiger partial charge in [-0.25, -0.2) is 9.59 Å². The first kappa shape index (κ1) is 31.1. The maximum atomic E-state index is 13.3. The topological polar surface area (TPSA) is 135 Å². The Labute approximate surface area is 252 Å². The van der Waals surface area contributed by atoms with E-state index in [-0.39, 0.29) is 52.8 Å². The molecule has 0 amide bonds. The third kappa shape index (κ3) is 4.62. The van der Waals surface area contributed by atoms with Crippen LogP contribution < -0.4 is 5.32 Å². The number of carbonyl (C=O) groups excluding carboxylic acids is 2. The standard InChI is InChI=1S/C32H44ClNO8/c1-16-20(40-6)14-22-30(2)12-10-23(35)32(4,15-41-27(37)18-13-17(33)7-8-19(18)34-5)21(30)9-11-31(22,3)25(16)24-26(36)29(39)42-28(24)38/h7-8,13,16,20-23,25,28,34-36,38H,9-12,14-15H2,1-6H3/t16-,20+,21-,22-,23+,25-,28?,30+,31+,32+/m0/s1. The van der Waals surface area contributed by atoms with Gasteiger partial charge in [0.2, 0.25) is 12.0 Å². The summed E-state index contributed by atoms with van der Waals surface area (Å²) in [5.74, 6) is -2.25. The summed E-state index contributed by atoms with van der Waals surface area (Å²) in [6, 6.07) is 5.01. The van der Waals surface area contributed by atoms with Crippen molar-refractivity contribution in [2.45, 2.75) is 78.3 Å². The quantitative estimate of drug-likeness (QED) is 0.327. The van der Waals surface area contributed by atoms with Gasteiger partial charge in [0.25, 0.3) is 0 Å². The largest absolute Gasteiger partial charge is 0.502 e. The number of methoxy groups -OCH3 is 1. The molecule has 1 aromatic carbocycles. The molecule has 1 aromatic rings. The molecule has 4 aliphatic rings. The van der Waals surface area contributed by atoms with Gasteiger partial charge in [-0.05, 0) is 78.9 Å². The summed E-state index contributed by atoms with van der Waals surface area (Å²) >= 11 is 6.18. The zero-order chi connectivity index (χ0) is 30.8. The summed E-state index contributed by atoms with van der Waals surface area (Å²) in [4.78, 5) is 25.5. The smallest absolute Gasteiger partial charge is 0.376 e. The van der Waals surface area contributed by atoms with E-state index in [4.69, 9.17) is 25.8 Å². The van der Waals surface area contributed by atoms with E-state index < -0.39 is 35.5 Å². The molecule has 0 aromatic heterocycles. The molecule has 1 aliphatic heterocycles. The minimum absolute atomic E-state index is 0.0169. The molecule has 4 N–H and O–H groups in total. The number of fused-ring (bicyclic) bond motifs is 3. The number of benzene rings is 1. The van der Waals surface area contributed by atoms with E-state index in [1.807, 2.05) is 13.8 Å². The fraction of sp³-hybridized carbons (Fsp3) is 0.688. The summed E-state index contributed by atoms with van der Waals surface area (Å²) in [6.45, 7) is 8.58. The van der Waals surface area contributed by atoms with E-state index in [1.165, 1.54) is 0 Å². The Morgan fingerprint density at radius 3 is 2.45 bits per heavy atom. The fourth-order valence-corrected chi connectivity index (χ4v) is 9.85. The van der Waals surface area contributed by atoms with Gasteiger partial charge in [-0.15, -0.1) is 0 Å². The molecule has 42 heavy (non-hydrogen) atoms. The van der Waals surface area contributed by atoms with E-state index in [0.717, 1.165) is 25.7 Å². The zero-order valence-electron chi connectivity index (χ0n) is 25.3. The monoisotopic (exact) mass is 605 g/mol. The van der Waals surface area contributed by atoms with Gasteiger partial charge in [-0.1, -0.05) is 39.3 Å². The maximum absolute atomic E-state index is 13.3. The molecule has 10 heteroatoms. The van der Waals surface area contributed by atoms with Crippen LogP contribution in [-0.2, 0) is 19.0 Å². The average Bonchev–Trinajstić information content (AvgIpc) is 3.19. The number of cyclic esters (lactones) is 1. The minimum atomic E-state index is -1.49. The Morgan fingerprint density at radius 1 is 1.14 bits per heavy atom. The molecular formula is C32H44ClNO8. The van der Waals surface area contributed by atoms with Crippen LogP contribution in [0.3, 0.4) is 0 Å². The van der Waals surface area contributed by atoms with Crippen molar-refractivity contribution in [2.24, 2.45) is 39.9 Å². The number of aliphatic hydroxyl groups is 3. The van der Waals surface area contributed by atoms with Gasteiger partial charge in [0.05, 0.1) is 30.0 Å². The number of carbonyl (C=O) groups is 2. The van der Waals surface area contributed by atoms with E-state index in [0.29, 0.717) is 22.7 Å². The molecule has 1 unspecified atom stereocenters. The lowest BCUT2D eigenvalue weighted by molar-refractivity contribution is -0.226. The predicted octanol–water partition coefficient (Wildman–Crippen LogP) is 5.10. The van der Waals surface area contributed by atoms with Gasteiger partial charge >= 0.3 is 11.9 Å². The summed E-state index contributed by atoms with van der Waals surface area (Å²) < 4.78 is 17.0. The molecule has 1 heterocycles. The van der Waals surface area contributed by atoms with Crippen LogP contribution in [0.25, 0.3) is 0 Å². The van der Waals surface area contributed by atoms with E-state index in [9.17, 15) is 24.9 Å². The van der Waals surface area contributed by atoms with Gasteiger partial charge in [-0.2, -0.15) is 0 Å². The number of esters is 2. The van der Waals surface area contributed by atoms with Crippen LogP contribution in [0.1, 0.15) is 70.2 Å². The molecular weight excluding hydrogens is 562 g/mol. The first-order chi connectivity index (χ1) is 19.7. The molecule has 10 atom stereocenters. The third-order valence-electron chi connectivity index (χ3n) is 11.7. The molecule has 3 saturated carbocycles. The van der Waals surface area contributed by atoms with Gasteiger partial charge in [0, 0.05) is 36.2 Å². The van der Waals surface area contributed by atoms with Crippen molar-refractivity contribution in [2.75, 3.05) is 26.1 Å². The van der Waals surface area contributed by atoms with Crippen molar-refractivity contribution in [1.82, 2.24) is 0 Å². The Hall–Kier alpha value is -2.33. The van der Waals surface area contributed by atoms with Gasteiger partial charge < -0.3 is 34.8 Å². The van der Waals surface area contributed by atoms with Crippen LogP contribution in [0.15, 0.2) is 29.5 Å². The highest BCUT2D eigenvalue weighted by atomic mass is 35.5. The van der Waals surface area contributed by atoms with Crippen molar-refractivity contribution in [1.29, 1.82) is 0 Å². The van der Waals surface area contributed by atoms with Gasteiger partial charge in [-0.3, -0.25) is 0 Å². The zero-order valence-corrected chi connectivity index (χ0v) is 26.0. The Balaban J connectivity index is 1.49. The van der Waals surface area contributed by atoms with Gasteiger partial charge in [0.15, 0.2) is 0 Å². The molecule has 0 spiro atoms. The predicted molar refractivity (Wildman–Crippen MR) is 157 cm³/mol. The molecule has 0 radical (unpaired) electrons. The molecule has 5 rings (SSSR count). The highest BCUT2D eigenvalue weighted by Crippen LogP contribution is 2.70. The molecule has 9 nitrogen and oxygen atoms in total. The van der Waals surface area contributed by atoms with Crippen molar-refractivity contribution >= 4 is 29.2 Å². The van der Waals surface area contributed by atoms with Crippen LogP contribution >= 0.6 is 11.6 Å². The highest BCUT2D eigenvalue weighted by Gasteiger charge is 2.67. The van der Waals surface area contributed by atoms with Crippen molar-refractivity contribution < 1.29 is 39.1 Å². The Bertz CT molecular complexity index is 1280. The average molecular weight is 606 g/mol. The number of nitrogens with one attached hydrogen (secondary N) is 1. The fourth-order valence-electron chi connectivity index (χ4n) is 9.67. The van der Waals surface area contributed by atoms with Crippen molar-refractivity contribution in [3.05, 3.63) is 40.1 Å². The first-order valence-electron chi connectivity index (χ1n) is 14.9. The molecule has 232 valence electrons. The number of hydrogen-bond acceptors (Lipinski definition) is 9. The number of anilines is 1. The van der Waals surface area contributed by atoms with Crippen LogP contribution in [0.4, 0.5) is 5.69 Å². The van der Waals surface area contributed by atoms with E-state index in [1.54, 1.807) is 32.4 Å². The highest BCUT2D eigenvalue weighted by molar-refractivity contribution is 6.31. The van der Waals surface area contributed by atoms with Crippen LogP contribution in [-0.4, -0.2) is 66.5 Å². The SMILES string of the molecule is CNc1ccc(Cl)cc1C(=O)OC[C@]1(C)[C@H]2CC[C@]3(C)[C@@H](C[C@@H](OC)[C@H](C)[C@H]3C3=C(O)C(=O)OC3O)[C@]2(C)CC[C@H]1O. The number of hydrogen-bond donors (Lipinski definition) is 4. The summed E-state index contributed by atoms with van der Waals surface area (Å²) in [7, 11) is 3.40. The first-order valence-corrected chi connectivity index (χ1v) is 15.3. The lowest BCUT2D eigenvalue weighted by Gasteiger charge is -2.68. The second-order valence-electron chi connectivity index (χ2n) is 13.6. The van der Waals surface area contributed by atoms with Crippen LogP contribution in [0.5, 0.6) is 0 Å². The molecule has 3 fully saturated rings. The number of ether oxygens (including phenoxy) is 3. The van der Waals surface area contributed by atoms with Crippen LogP contribution in [0, 0.1) is 39.9 Å². The number of rotatable bonds is 6. The van der Waals surface area contributed by atoms with Gasteiger partial charge in [0.1, 0.15) is 0 Å². The summed E-state index contributed by atoms with van der Waals surface area (Å²) in [6.07, 6.45) is 1.21. The second kappa shape index (κ2) is 11.0. The number of halogens is 1. The number of aliphatic hydroxyl groups excluding tert-OH is 3. The lowest BCUT2D eigenvalue weighted by atomic mass is 9.37. The molecule has 0 saturated heterocycles. The summed E-state index contributed by atoms with van der Waals surface area (Å²) in [5.41, 5.74) is -0.182. The van der Waals surface area contributed by atoms with Crippen molar-refractivity contribution in [3.63, 3.8) is 0 Å².